The highest BCUT2D eigenvalue weighted by Crippen LogP contribution is 2.38. The monoisotopic (exact) mass is 291 g/mol. The van der Waals surface area contributed by atoms with Gasteiger partial charge >= 0.3 is 0 Å². The Hall–Kier alpha value is -2.13. The fourth-order valence-electron chi connectivity index (χ4n) is 3.89. The molecule has 0 N–H and O–H groups in total. The lowest BCUT2D eigenvalue weighted by atomic mass is 9.86. The van der Waals surface area contributed by atoms with Gasteiger partial charge in [0.05, 0.1) is 11.0 Å². The van der Waals surface area contributed by atoms with Crippen molar-refractivity contribution >= 4 is 27.6 Å². The van der Waals surface area contributed by atoms with Crippen LogP contribution in [0.15, 0.2) is 36.4 Å². The SMILES string of the molecule is O=C1Cc2cc3c4ccccc4n(C4CCCCO4)c3cc21. The maximum Gasteiger partial charge on any atom is 0.167 e. The van der Waals surface area contributed by atoms with E-state index in [0.29, 0.717) is 6.42 Å². The van der Waals surface area contributed by atoms with Crippen LogP contribution in [-0.4, -0.2) is 17.0 Å². The molecule has 0 saturated carbocycles. The highest BCUT2D eigenvalue weighted by molar-refractivity contribution is 6.15. The van der Waals surface area contributed by atoms with Crippen molar-refractivity contribution in [3.63, 3.8) is 0 Å². The maximum atomic E-state index is 11.8. The molecule has 2 aliphatic rings. The second kappa shape index (κ2) is 4.43. The fourth-order valence-corrected chi connectivity index (χ4v) is 3.89. The Kier molecular flexibility index (Phi) is 2.50. The van der Waals surface area contributed by atoms with E-state index in [-0.39, 0.29) is 12.0 Å². The number of ketones is 1. The van der Waals surface area contributed by atoms with Crippen molar-refractivity contribution in [1.82, 2.24) is 4.57 Å². The average Bonchev–Trinajstić information content (AvgIpc) is 2.88. The van der Waals surface area contributed by atoms with Gasteiger partial charge in [0.15, 0.2) is 5.78 Å². The summed E-state index contributed by atoms with van der Waals surface area (Å²) in [5.74, 6) is 0.262. The zero-order valence-corrected chi connectivity index (χ0v) is 12.3. The molecule has 2 heterocycles. The number of ether oxygens (including phenoxy) is 1. The van der Waals surface area contributed by atoms with E-state index < -0.39 is 0 Å². The number of benzene rings is 2. The molecule has 110 valence electrons. The summed E-state index contributed by atoms with van der Waals surface area (Å²) in [5, 5.41) is 2.50. The Balaban J connectivity index is 1.86. The Bertz CT molecular complexity index is 916. The van der Waals surface area contributed by atoms with E-state index in [2.05, 4.69) is 41.0 Å². The number of carbonyl (C=O) groups is 1. The van der Waals surface area contributed by atoms with E-state index in [9.17, 15) is 4.79 Å². The molecule has 3 heteroatoms. The van der Waals surface area contributed by atoms with Crippen LogP contribution in [0.1, 0.15) is 41.4 Å². The van der Waals surface area contributed by atoms with Crippen LogP contribution in [0.4, 0.5) is 0 Å². The normalized spacial score (nSPS) is 21.1. The summed E-state index contributed by atoms with van der Waals surface area (Å²) in [6.45, 7) is 0.822. The summed E-state index contributed by atoms with van der Waals surface area (Å²) in [6, 6.07) is 12.8. The molecule has 22 heavy (non-hydrogen) atoms. The number of nitrogens with zero attached hydrogens (tertiary/aromatic N) is 1. The lowest BCUT2D eigenvalue weighted by Crippen LogP contribution is -2.20. The van der Waals surface area contributed by atoms with Crippen LogP contribution < -0.4 is 0 Å². The third kappa shape index (κ3) is 1.57. The number of carbonyl (C=O) groups excluding carboxylic acids is 1. The third-order valence-corrected chi connectivity index (χ3v) is 5.03. The van der Waals surface area contributed by atoms with E-state index in [1.54, 1.807) is 0 Å². The molecule has 0 bridgehead atoms. The minimum Gasteiger partial charge on any atom is -0.358 e. The van der Waals surface area contributed by atoms with Crippen LogP contribution in [0, 0.1) is 0 Å². The fraction of sp³-hybridized carbons (Fsp3) is 0.316. The Morgan fingerprint density at radius 1 is 1.05 bits per heavy atom. The number of fused-ring (bicyclic) bond motifs is 4. The van der Waals surface area contributed by atoms with E-state index in [1.165, 1.54) is 28.3 Å². The van der Waals surface area contributed by atoms with E-state index in [1.807, 2.05) is 0 Å². The predicted molar refractivity (Wildman–Crippen MR) is 86.3 cm³/mol. The predicted octanol–water partition coefficient (Wildman–Crippen LogP) is 4.23. The van der Waals surface area contributed by atoms with Gasteiger partial charge in [-0.2, -0.15) is 0 Å². The first kappa shape index (κ1) is 12.4. The summed E-state index contributed by atoms with van der Waals surface area (Å²) < 4.78 is 8.33. The van der Waals surface area contributed by atoms with Gasteiger partial charge in [-0.05, 0) is 43.0 Å². The van der Waals surface area contributed by atoms with Gasteiger partial charge in [0.2, 0.25) is 0 Å². The van der Waals surface area contributed by atoms with Crippen molar-refractivity contribution in [3.8, 4) is 0 Å². The topological polar surface area (TPSA) is 31.2 Å². The lowest BCUT2D eigenvalue weighted by Gasteiger charge is -2.26. The second-order valence-corrected chi connectivity index (χ2v) is 6.33. The van der Waals surface area contributed by atoms with Crippen molar-refractivity contribution in [1.29, 1.82) is 0 Å². The van der Waals surface area contributed by atoms with Crippen molar-refractivity contribution < 1.29 is 9.53 Å². The molecule has 0 amide bonds. The van der Waals surface area contributed by atoms with Crippen LogP contribution >= 0.6 is 0 Å². The van der Waals surface area contributed by atoms with Crippen molar-refractivity contribution in [2.24, 2.45) is 0 Å². The number of hydrogen-bond donors (Lipinski definition) is 0. The van der Waals surface area contributed by atoms with Crippen LogP contribution in [0.3, 0.4) is 0 Å². The van der Waals surface area contributed by atoms with Gasteiger partial charge in [-0.25, -0.2) is 0 Å². The van der Waals surface area contributed by atoms with Crippen molar-refractivity contribution in [2.75, 3.05) is 6.61 Å². The number of hydrogen-bond acceptors (Lipinski definition) is 2. The summed E-state index contributed by atoms with van der Waals surface area (Å²) >= 11 is 0. The minimum atomic E-state index is 0.0874. The molecule has 2 aromatic carbocycles. The van der Waals surface area contributed by atoms with Crippen molar-refractivity contribution in [3.05, 3.63) is 47.5 Å². The highest BCUT2D eigenvalue weighted by Gasteiger charge is 2.27. The molecule has 0 spiro atoms. The first-order valence-electron chi connectivity index (χ1n) is 8.03. The molecule has 3 nitrogen and oxygen atoms in total. The van der Waals surface area contributed by atoms with Crippen LogP contribution in [0.5, 0.6) is 0 Å². The Morgan fingerprint density at radius 3 is 2.77 bits per heavy atom. The van der Waals surface area contributed by atoms with Crippen molar-refractivity contribution in [2.45, 2.75) is 31.9 Å². The number of rotatable bonds is 1. The van der Waals surface area contributed by atoms with Gasteiger partial charge in [0.1, 0.15) is 6.23 Å². The molecule has 1 saturated heterocycles. The van der Waals surface area contributed by atoms with E-state index in [0.717, 1.165) is 30.5 Å². The number of Topliss-reactive ketones (excluding diaryl/α,β-unsaturated/α-hetero) is 1. The molecule has 1 aliphatic carbocycles. The summed E-state index contributed by atoms with van der Waals surface area (Å²) in [6.07, 6.45) is 4.05. The number of para-hydroxylation sites is 1. The molecule has 1 fully saturated rings. The molecule has 1 aliphatic heterocycles. The molecule has 5 rings (SSSR count). The van der Waals surface area contributed by atoms with Crippen LogP contribution in [0.2, 0.25) is 0 Å². The quantitative estimate of drug-likeness (QED) is 0.671. The summed E-state index contributed by atoms with van der Waals surface area (Å²) in [4.78, 5) is 11.8. The van der Waals surface area contributed by atoms with Gasteiger partial charge in [-0.3, -0.25) is 4.79 Å². The van der Waals surface area contributed by atoms with Crippen LogP contribution in [0.25, 0.3) is 21.8 Å². The Morgan fingerprint density at radius 2 is 1.95 bits per heavy atom. The zero-order valence-electron chi connectivity index (χ0n) is 12.3. The number of aromatic nitrogens is 1. The second-order valence-electron chi connectivity index (χ2n) is 6.33. The highest BCUT2D eigenvalue weighted by atomic mass is 16.5. The molecular formula is C19H17NO2. The van der Waals surface area contributed by atoms with Gasteiger partial charge in [-0.15, -0.1) is 0 Å². The Labute approximate surface area is 128 Å². The molecule has 1 atom stereocenters. The smallest absolute Gasteiger partial charge is 0.167 e. The largest absolute Gasteiger partial charge is 0.358 e. The maximum absolute atomic E-state index is 11.8. The lowest BCUT2D eigenvalue weighted by molar-refractivity contribution is -0.0267. The van der Waals surface area contributed by atoms with Gasteiger partial charge < -0.3 is 9.30 Å². The van der Waals surface area contributed by atoms with E-state index in [4.69, 9.17) is 4.74 Å². The van der Waals surface area contributed by atoms with Gasteiger partial charge in [0, 0.05) is 29.4 Å². The first-order valence-corrected chi connectivity index (χ1v) is 8.03. The summed E-state index contributed by atoms with van der Waals surface area (Å²) in [5.41, 5.74) is 4.43. The third-order valence-electron chi connectivity index (χ3n) is 5.03. The van der Waals surface area contributed by atoms with Crippen LogP contribution in [-0.2, 0) is 11.2 Å². The molecular weight excluding hydrogens is 274 g/mol. The first-order chi connectivity index (χ1) is 10.8. The average molecular weight is 291 g/mol. The molecule has 3 aromatic rings. The molecule has 1 aromatic heterocycles. The zero-order chi connectivity index (χ0) is 14.7. The minimum absolute atomic E-state index is 0.0874. The van der Waals surface area contributed by atoms with Gasteiger partial charge in [0.25, 0.3) is 0 Å². The summed E-state index contributed by atoms with van der Waals surface area (Å²) in [7, 11) is 0. The molecule has 0 radical (unpaired) electrons. The van der Waals surface area contributed by atoms with E-state index >= 15 is 0 Å². The van der Waals surface area contributed by atoms with Gasteiger partial charge in [-0.1, -0.05) is 18.2 Å². The molecule has 1 unspecified atom stereocenters. The standard InChI is InChI=1S/C19H17NO2/c21-18-10-12-9-15-13-5-1-2-6-16(13)20(17(15)11-14(12)18)19-7-3-4-8-22-19/h1-2,5-6,9,11,19H,3-4,7-8,10H2.